The zero-order chi connectivity index (χ0) is 11.0. The van der Waals surface area contributed by atoms with Crippen molar-refractivity contribution < 1.29 is 14.3 Å². The van der Waals surface area contributed by atoms with Gasteiger partial charge in [-0.05, 0) is 6.92 Å². The molecule has 0 radical (unpaired) electrons. The maximum absolute atomic E-state index is 11.2. The van der Waals surface area contributed by atoms with Gasteiger partial charge in [-0.25, -0.2) is 0 Å². The van der Waals surface area contributed by atoms with E-state index in [4.69, 9.17) is 16.3 Å². The van der Waals surface area contributed by atoms with Crippen molar-refractivity contribution in [1.82, 2.24) is 10.6 Å². The Morgan fingerprint density at radius 1 is 1.50 bits per heavy atom. The van der Waals surface area contributed by atoms with E-state index in [0.29, 0.717) is 13.2 Å². The van der Waals surface area contributed by atoms with Crippen molar-refractivity contribution in [3.8, 4) is 0 Å². The molecule has 0 aliphatic rings. The summed E-state index contributed by atoms with van der Waals surface area (Å²) in [5, 5.41) is 5.02. The fraction of sp³-hybridized carbons (Fsp3) is 0.750. The Balaban J connectivity index is 3.70. The molecule has 5 nitrogen and oxygen atoms in total. The van der Waals surface area contributed by atoms with Crippen LogP contribution in [0.3, 0.4) is 0 Å². The van der Waals surface area contributed by atoms with E-state index >= 15 is 0 Å². The normalized spacial score (nSPS) is 11.9. The van der Waals surface area contributed by atoms with Gasteiger partial charge in [0.1, 0.15) is 11.9 Å². The molecule has 0 aliphatic heterocycles. The molecule has 0 heterocycles. The van der Waals surface area contributed by atoms with Crippen LogP contribution in [0.25, 0.3) is 0 Å². The van der Waals surface area contributed by atoms with Crippen LogP contribution in [-0.2, 0) is 14.3 Å². The Morgan fingerprint density at radius 2 is 2.14 bits per heavy atom. The zero-order valence-electron chi connectivity index (χ0n) is 8.30. The summed E-state index contributed by atoms with van der Waals surface area (Å²) < 4.78 is 4.75. The highest BCUT2D eigenvalue weighted by atomic mass is 35.5. The topological polar surface area (TPSA) is 67.4 Å². The highest BCUT2D eigenvalue weighted by Crippen LogP contribution is 1.84. The van der Waals surface area contributed by atoms with E-state index in [0.717, 1.165) is 0 Å². The molecule has 0 aliphatic carbocycles. The molecular formula is C8H15ClN2O3. The van der Waals surface area contributed by atoms with Crippen LogP contribution in [0.4, 0.5) is 0 Å². The van der Waals surface area contributed by atoms with Crippen LogP contribution < -0.4 is 10.6 Å². The second kappa shape index (κ2) is 7.58. The largest absolute Gasteiger partial charge is 0.383 e. The quantitative estimate of drug-likeness (QED) is 0.470. The van der Waals surface area contributed by atoms with Gasteiger partial charge in [-0.2, -0.15) is 0 Å². The second-order valence-corrected chi connectivity index (χ2v) is 2.97. The molecular weight excluding hydrogens is 208 g/mol. The molecule has 0 saturated heterocycles. The molecule has 14 heavy (non-hydrogen) atoms. The lowest BCUT2D eigenvalue weighted by molar-refractivity contribution is -0.127. The summed E-state index contributed by atoms with van der Waals surface area (Å²) in [4.78, 5) is 22.1. The highest BCUT2D eigenvalue weighted by Gasteiger charge is 2.13. The Kier molecular flexibility index (Phi) is 7.14. The Labute approximate surface area is 88.1 Å². The first-order valence-electron chi connectivity index (χ1n) is 4.23. The number of carbonyl (C=O) groups excluding carboxylic acids is 2. The number of methoxy groups -OCH3 is 1. The molecule has 0 bridgehead atoms. The van der Waals surface area contributed by atoms with Gasteiger partial charge in [0.25, 0.3) is 0 Å². The van der Waals surface area contributed by atoms with Crippen LogP contribution in [-0.4, -0.2) is 44.0 Å². The minimum atomic E-state index is -0.571. The number of ether oxygens (including phenoxy) is 1. The molecule has 0 saturated carbocycles. The van der Waals surface area contributed by atoms with Gasteiger partial charge < -0.3 is 15.4 Å². The van der Waals surface area contributed by atoms with E-state index in [-0.39, 0.29) is 17.7 Å². The van der Waals surface area contributed by atoms with Gasteiger partial charge in [0, 0.05) is 13.7 Å². The number of alkyl halides is 1. The lowest BCUT2D eigenvalue weighted by atomic mass is 10.3. The van der Waals surface area contributed by atoms with Crippen molar-refractivity contribution in [2.45, 2.75) is 13.0 Å². The number of amides is 2. The molecule has 0 spiro atoms. The third-order valence-electron chi connectivity index (χ3n) is 1.50. The van der Waals surface area contributed by atoms with Crippen LogP contribution in [0.2, 0.25) is 0 Å². The molecule has 0 aromatic heterocycles. The van der Waals surface area contributed by atoms with Gasteiger partial charge in [0.15, 0.2) is 0 Å². The summed E-state index contributed by atoms with van der Waals surface area (Å²) >= 11 is 5.26. The summed E-state index contributed by atoms with van der Waals surface area (Å²) in [5.74, 6) is -0.753. The first-order chi connectivity index (χ1) is 6.61. The van der Waals surface area contributed by atoms with Crippen molar-refractivity contribution >= 4 is 23.4 Å². The fourth-order valence-electron chi connectivity index (χ4n) is 0.775. The number of carbonyl (C=O) groups is 2. The van der Waals surface area contributed by atoms with E-state index in [1.165, 1.54) is 0 Å². The SMILES string of the molecule is COCCNC(=O)C(C)NC(=O)CCl. The van der Waals surface area contributed by atoms with Crippen LogP contribution >= 0.6 is 11.6 Å². The first kappa shape index (κ1) is 13.2. The predicted molar refractivity (Wildman–Crippen MR) is 53.2 cm³/mol. The van der Waals surface area contributed by atoms with Crippen molar-refractivity contribution in [2.24, 2.45) is 0 Å². The maximum Gasteiger partial charge on any atom is 0.242 e. The zero-order valence-corrected chi connectivity index (χ0v) is 9.06. The molecule has 82 valence electrons. The van der Waals surface area contributed by atoms with E-state index in [1.807, 2.05) is 0 Å². The summed E-state index contributed by atoms with van der Waals surface area (Å²) in [6.45, 7) is 2.46. The molecule has 2 amide bonds. The smallest absolute Gasteiger partial charge is 0.242 e. The van der Waals surface area contributed by atoms with Crippen LogP contribution in [0.15, 0.2) is 0 Å². The summed E-state index contributed by atoms with van der Waals surface area (Å²) in [6.07, 6.45) is 0. The number of nitrogens with one attached hydrogen (secondary N) is 2. The van der Waals surface area contributed by atoms with Gasteiger partial charge >= 0.3 is 0 Å². The maximum atomic E-state index is 11.2. The van der Waals surface area contributed by atoms with E-state index in [2.05, 4.69) is 10.6 Å². The summed E-state index contributed by atoms with van der Waals surface area (Å²) in [5.41, 5.74) is 0. The van der Waals surface area contributed by atoms with Crippen molar-refractivity contribution in [3.05, 3.63) is 0 Å². The number of rotatable bonds is 6. The molecule has 0 fully saturated rings. The van der Waals surface area contributed by atoms with Crippen LogP contribution in [0.5, 0.6) is 0 Å². The van der Waals surface area contributed by atoms with E-state index < -0.39 is 6.04 Å². The van der Waals surface area contributed by atoms with Gasteiger partial charge in [0.2, 0.25) is 11.8 Å². The third-order valence-corrected chi connectivity index (χ3v) is 1.74. The van der Waals surface area contributed by atoms with Crippen molar-refractivity contribution in [3.63, 3.8) is 0 Å². The number of hydrogen-bond acceptors (Lipinski definition) is 3. The average Bonchev–Trinajstić information content (AvgIpc) is 2.17. The van der Waals surface area contributed by atoms with Gasteiger partial charge in [-0.3, -0.25) is 9.59 Å². The van der Waals surface area contributed by atoms with Crippen molar-refractivity contribution in [1.29, 1.82) is 0 Å². The first-order valence-corrected chi connectivity index (χ1v) is 4.77. The summed E-state index contributed by atoms with van der Waals surface area (Å²) in [7, 11) is 1.55. The van der Waals surface area contributed by atoms with E-state index in [9.17, 15) is 9.59 Å². The Bertz CT molecular complexity index is 199. The molecule has 6 heteroatoms. The lowest BCUT2D eigenvalue weighted by Crippen LogP contribution is -2.45. The highest BCUT2D eigenvalue weighted by molar-refractivity contribution is 6.27. The molecule has 1 unspecified atom stereocenters. The van der Waals surface area contributed by atoms with Gasteiger partial charge in [0.05, 0.1) is 6.61 Å². The molecule has 1 atom stereocenters. The monoisotopic (exact) mass is 222 g/mol. The molecule has 2 N–H and O–H groups in total. The van der Waals surface area contributed by atoms with E-state index in [1.54, 1.807) is 14.0 Å². The Hall–Kier alpha value is -0.810. The molecule has 0 rings (SSSR count). The summed E-state index contributed by atoms with van der Waals surface area (Å²) in [6, 6.07) is -0.571. The van der Waals surface area contributed by atoms with Crippen molar-refractivity contribution in [2.75, 3.05) is 26.1 Å². The second-order valence-electron chi connectivity index (χ2n) is 2.71. The lowest BCUT2D eigenvalue weighted by Gasteiger charge is -2.12. The van der Waals surface area contributed by atoms with Crippen LogP contribution in [0.1, 0.15) is 6.92 Å². The predicted octanol–water partition coefficient (Wildman–Crippen LogP) is -0.507. The third kappa shape index (κ3) is 5.77. The standard InChI is InChI=1S/C8H15ClN2O3/c1-6(11-7(12)5-9)8(13)10-3-4-14-2/h6H,3-5H2,1-2H3,(H,10,13)(H,11,12). The molecule has 0 aromatic carbocycles. The van der Waals surface area contributed by atoms with Crippen LogP contribution in [0, 0.1) is 0 Å². The minimum absolute atomic E-state index is 0.143. The molecule has 0 aromatic rings. The van der Waals surface area contributed by atoms with Gasteiger partial charge in [-0.1, -0.05) is 0 Å². The number of hydrogen-bond donors (Lipinski definition) is 2. The minimum Gasteiger partial charge on any atom is -0.383 e. The average molecular weight is 223 g/mol. The fourth-order valence-corrected chi connectivity index (χ4v) is 0.852. The Morgan fingerprint density at radius 3 is 2.64 bits per heavy atom. The number of halogens is 1. The van der Waals surface area contributed by atoms with Gasteiger partial charge in [-0.15, -0.1) is 11.6 Å².